The summed E-state index contributed by atoms with van der Waals surface area (Å²) in [4.78, 5) is 11.9. The standard InChI is InChI=1S/C11H21N3O2/c1-4-8(9(12)14-16)10(15)13-11(2,3)7-5-6-7/h7-8,16H,4-6H2,1-3H3,(H2,12,14)(H,13,15). The fourth-order valence-electron chi connectivity index (χ4n) is 1.91. The Labute approximate surface area is 96.1 Å². The van der Waals surface area contributed by atoms with E-state index in [2.05, 4.69) is 10.5 Å². The first-order chi connectivity index (χ1) is 7.42. The van der Waals surface area contributed by atoms with Crippen molar-refractivity contribution in [1.29, 1.82) is 0 Å². The average Bonchev–Trinajstić information content (AvgIpc) is 3.00. The summed E-state index contributed by atoms with van der Waals surface area (Å²) < 4.78 is 0. The Morgan fingerprint density at radius 2 is 2.19 bits per heavy atom. The van der Waals surface area contributed by atoms with E-state index in [0.717, 1.165) is 12.8 Å². The molecule has 1 rings (SSSR count). The number of nitrogens with two attached hydrogens (primary N) is 1. The molecule has 0 aromatic heterocycles. The van der Waals surface area contributed by atoms with Gasteiger partial charge in [-0.15, -0.1) is 0 Å². The molecule has 0 saturated heterocycles. The van der Waals surface area contributed by atoms with Gasteiger partial charge in [0.1, 0.15) is 0 Å². The zero-order valence-electron chi connectivity index (χ0n) is 10.2. The molecule has 0 spiro atoms. The Hall–Kier alpha value is -1.26. The predicted octanol–water partition coefficient (Wildman–Crippen LogP) is 1.06. The zero-order chi connectivity index (χ0) is 12.3. The second kappa shape index (κ2) is 4.72. The summed E-state index contributed by atoms with van der Waals surface area (Å²) in [7, 11) is 0. The molecule has 4 N–H and O–H groups in total. The second-order valence-electron chi connectivity index (χ2n) is 4.97. The third kappa shape index (κ3) is 2.87. The Bertz CT molecular complexity index is 296. The van der Waals surface area contributed by atoms with E-state index in [0.29, 0.717) is 12.3 Å². The van der Waals surface area contributed by atoms with Gasteiger partial charge in [0.2, 0.25) is 5.91 Å². The highest BCUT2D eigenvalue weighted by atomic mass is 16.4. The molecule has 1 atom stereocenters. The van der Waals surface area contributed by atoms with E-state index in [1.54, 1.807) is 0 Å². The summed E-state index contributed by atoms with van der Waals surface area (Å²) in [5, 5.41) is 14.5. The third-order valence-corrected chi connectivity index (χ3v) is 3.24. The van der Waals surface area contributed by atoms with Crippen LogP contribution in [-0.2, 0) is 4.79 Å². The van der Waals surface area contributed by atoms with E-state index >= 15 is 0 Å². The van der Waals surface area contributed by atoms with E-state index in [1.807, 2.05) is 20.8 Å². The normalized spacial score (nSPS) is 19.3. The van der Waals surface area contributed by atoms with Crippen molar-refractivity contribution in [2.24, 2.45) is 22.7 Å². The van der Waals surface area contributed by atoms with Gasteiger partial charge in [-0.2, -0.15) is 0 Å². The summed E-state index contributed by atoms with van der Waals surface area (Å²) in [5.41, 5.74) is 5.28. The van der Waals surface area contributed by atoms with Crippen LogP contribution in [0.4, 0.5) is 0 Å². The molecule has 1 saturated carbocycles. The Balaban J connectivity index is 2.62. The first-order valence-electron chi connectivity index (χ1n) is 5.71. The number of carbonyl (C=O) groups is 1. The van der Waals surface area contributed by atoms with Crippen molar-refractivity contribution in [3.05, 3.63) is 0 Å². The molecule has 1 aliphatic carbocycles. The maximum absolute atomic E-state index is 11.9. The number of hydrogen-bond donors (Lipinski definition) is 3. The van der Waals surface area contributed by atoms with E-state index in [9.17, 15) is 4.79 Å². The SMILES string of the molecule is CCC(C(=O)NC(C)(C)C1CC1)C(N)=NO. The van der Waals surface area contributed by atoms with Crippen LogP contribution < -0.4 is 11.1 Å². The van der Waals surface area contributed by atoms with Crippen molar-refractivity contribution in [3.63, 3.8) is 0 Å². The molecule has 1 unspecified atom stereocenters. The van der Waals surface area contributed by atoms with Crippen LogP contribution >= 0.6 is 0 Å². The molecule has 16 heavy (non-hydrogen) atoms. The lowest BCUT2D eigenvalue weighted by Crippen LogP contribution is -2.50. The predicted molar refractivity (Wildman–Crippen MR) is 62.1 cm³/mol. The van der Waals surface area contributed by atoms with Crippen LogP contribution in [0.1, 0.15) is 40.0 Å². The molecule has 0 heterocycles. The van der Waals surface area contributed by atoms with Gasteiger partial charge >= 0.3 is 0 Å². The average molecular weight is 227 g/mol. The topological polar surface area (TPSA) is 87.7 Å². The van der Waals surface area contributed by atoms with Crippen molar-refractivity contribution in [3.8, 4) is 0 Å². The zero-order valence-corrected chi connectivity index (χ0v) is 10.2. The smallest absolute Gasteiger partial charge is 0.231 e. The molecule has 5 heteroatoms. The molecule has 5 nitrogen and oxygen atoms in total. The van der Waals surface area contributed by atoms with Crippen molar-refractivity contribution in [2.75, 3.05) is 0 Å². The van der Waals surface area contributed by atoms with E-state index < -0.39 is 5.92 Å². The third-order valence-electron chi connectivity index (χ3n) is 3.24. The fourth-order valence-corrected chi connectivity index (χ4v) is 1.91. The molecule has 1 aliphatic rings. The molecule has 0 aliphatic heterocycles. The van der Waals surface area contributed by atoms with Crippen molar-refractivity contribution in [1.82, 2.24) is 5.32 Å². The largest absolute Gasteiger partial charge is 0.409 e. The van der Waals surface area contributed by atoms with E-state index in [1.165, 1.54) is 0 Å². The van der Waals surface area contributed by atoms with Gasteiger partial charge in [0.05, 0.1) is 5.92 Å². The minimum absolute atomic E-state index is 0.0217. The fraction of sp³-hybridized carbons (Fsp3) is 0.818. The van der Waals surface area contributed by atoms with Crippen LogP contribution in [0, 0.1) is 11.8 Å². The van der Waals surface area contributed by atoms with Gasteiger partial charge in [-0.05, 0) is 39.0 Å². The summed E-state index contributed by atoms with van der Waals surface area (Å²) in [6, 6.07) is 0. The minimum atomic E-state index is -0.539. The maximum Gasteiger partial charge on any atom is 0.231 e. The van der Waals surface area contributed by atoms with E-state index in [4.69, 9.17) is 10.9 Å². The van der Waals surface area contributed by atoms with Gasteiger partial charge < -0.3 is 16.3 Å². The van der Waals surface area contributed by atoms with Gasteiger partial charge in [-0.1, -0.05) is 12.1 Å². The van der Waals surface area contributed by atoms with Gasteiger partial charge in [-0.3, -0.25) is 4.79 Å². The molecule has 0 bridgehead atoms. The number of nitrogens with one attached hydrogen (secondary N) is 1. The van der Waals surface area contributed by atoms with E-state index in [-0.39, 0.29) is 17.3 Å². The van der Waals surface area contributed by atoms with Crippen molar-refractivity contribution in [2.45, 2.75) is 45.6 Å². The highest BCUT2D eigenvalue weighted by Crippen LogP contribution is 2.39. The summed E-state index contributed by atoms with van der Waals surface area (Å²) in [6.07, 6.45) is 2.85. The molecule has 0 aromatic rings. The number of oxime groups is 1. The lowest BCUT2D eigenvalue weighted by atomic mass is 9.96. The molecule has 1 fully saturated rings. The summed E-state index contributed by atoms with van der Waals surface area (Å²) in [5.74, 6) is -0.162. The number of carbonyl (C=O) groups excluding carboxylic acids is 1. The van der Waals surface area contributed by atoms with Gasteiger partial charge in [0, 0.05) is 5.54 Å². The molecule has 0 radical (unpaired) electrons. The van der Waals surface area contributed by atoms with Crippen LogP contribution in [0.2, 0.25) is 0 Å². The van der Waals surface area contributed by atoms with Gasteiger partial charge in [0.25, 0.3) is 0 Å². The lowest BCUT2D eigenvalue weighted by Gasteiger charge is -2.28. The number of rotatable bonds is 5. The molecule has 1 amide bonds. The maximum atomic E-state index is 11.9. The Kier molecular flexibility index (Phi) is 3.78. The molecule has 92 valence electrons. The first kappa shape index (κ1) is 12.8. The highest BCUT2D eigenvalue weighted by Gasteiger charge is 2.39. The highest BCUT2D eigenvalue weighted by molar-refractivity contribution is 6.02. The number of hydrogen-bond acceptors (Lipinski definition) is 3. The van der Waals surface area contributed by atoms with Gasteiger partial charge in [0.15, 0.2) is 5.84 Å². The second-order valence-corrected chi connectivity index (χ2v) is 4.97. The quantitative estimate of drug-likeness (QED) is 0.284. The summed E-state index contributed by atoms with van der Waals surface area (Å²) in [6.45, 7) is 5.87. The van der Waals surface area contributed by atoms with Crippen molar-refractivity contribution < 1.29 is 10.0 Å². The van der Waals surface area contributed by atoms with Crippen LogP contribution in [0.5, 0.6) is 0 Å². The van der Waals surface area contributed by atoms with Crippen LogP contribution in [-0.4, -0.2) is 22.5 Å². The monoisotopic (exact) mass is 227 g/mol. The molecular formula is C11H21N3O2. The first-order valence-corrected chi connectivity index (χ1v) is 5.71. The molecule has 0 aromatic carbocycles. The number of amides is 1. The number of nitrogens with zero attached hydrogens (tertiary/aromatic N) is 1. The summed E-state index contributed by atoms with van der Waals surface area (Å²) >= 11 is 0. The minimum Gasteiger partial charge on any atom is -0.409 e. The van der Waals surface area contributed by atoms with Crippen molar-refractivity contribution >= 4 is 11.7 Å². The number of amidine groups is 1. The van der Waals surface area contributed by atoms with Gasteiger partial charge in [-0.25, -0.2) is 0 Å². The van der Waals surface area contributed by atoms with Crippen LogP contribution in [0.15, 0.2) is 5.16 Å². The Morgan fingerprint density at radius 3 is 2.56 bits per heavy atom. The van der Waals surface area contributed by atoms with Crippen LogP contribution in [0.25, 0.3) is 0 Å². The lowest BCUT2D eigenvalue weighted by molar-refractivity contribution is -0.125. The van der Waals surface area contributed by atoms with Crippen LogP contribution in [0.3, 0.4) is 0 Å². The molecular weight excluding hydrogens is 206 g/mol. The Morgan fingerprint density at radius 1 is 1.62 bits per heavy atom.